The van der Waals surface area contributed by atoms with E-state index in [1.165, 1.54) is 0 Å². The topological polar surface area (TPSA) is 98.3 Å². The molecule has 1 unspecified atom stereocenters. The summed E-state index contributed by atoms with van der Waals surface area (Å²) in [4.78, 5) is 21.6. The molecule has 116 valence electrons. The molecule has 1 atom stereocenters. The molecule has 0 aromatic heterocycles. The number of hydrogen-bond acceptors (Lipinski definition) is 4. The lowest BCUT2D eigenvalue weighted by atomic mass is 10.1. The molecule has 1 aromatic carbocycles. The summed E-state index contributed by atoms with van der Waals surface area (Å²) in [5.41, 5.74) is 2.99. The van der Waals surface area contributed by atoms with E-state index in [1.807, 2.05) is 0 Å². The molecule has 0 aliphatic heterocycles. The molecule has 0 heterocycles. The smallest absolute Gasteiger partial charge is 0.352 e. The van der Waals surface area contributed by atoms with E-state index in [1.54, 1.807) is 6.92 Å². The van der Waals surface area contributed by atoms with Crippen LogP contribution in [0.15, 0.2) is 18.2 Å². The van der Waals surface area contributed by atoms with Gasteiger partial charge in [-0.2, -0.15) is 13.2 Å². The molecule has 21 heavy (non-hydrogen) atoms. The SMILES string of the molecule is CC(N)CCNC(=O)c1ccc(C(F)(F)F)cc1[N+](=O)[O-]. The minimum absolute atomic E-state index is 0.173. The van der Waals surface area contributed by atoms with E-state index >= 15 is 0 Å². The van der Waals surface area contributed by atoms with Gasteiger partial charge in [0.05, 0.1) is 10.5 Å². The first kappa shape index (κ1) is 16.9. The Hall–Kier alpha value is -2.16. The fraction of sp³-hybridized carbons (Fsp3) is 0.417. The van der Waals surface area contributed by atoms with Crippen LogP contribution in [-0.4, -0.2) is 23.4 Å². The van der Waals surface area contributed by atoms with Crippen LogP contribution in [0.25, 0.3) is 0 Å². The number of benzene rings is 1. The molecule has 1 rings (SSSR count). The highest BCUT2D eigenvalue weighted by atomic mass is 19.4. The predicted octanol–water partition coefficient (Wildman–Crippen LogP) is 2.08. The highest BCUT2D eigenvalue weighted by Crippen LogP contribution is 2.32. The lowest BCUT2D eigenvalue weighted by molar-refractivity contribution is -0.385. The number of carbonyl (C=O) groups is 1. The molecule has 0 saturated carbocycles. The Kier molecular flexibility index (Phi) is 5.25. The number of hydrogen-bond donors (Lipinski definition) is 2. The van der Waals surface area contributed by atoms with Gasteiger partial charge in [0.1, 0.15) is 5.56 Å². The van der Waals surface area contributed by atoms with Gasteiger partial charge in [0.2, 0.25) is 0 Å². The maximum atomic E-state index is 12.5. The summed E-state index contributed by atoms with van der Waals surface area (Å²) in [6, 6.07) is 1.60. The second-order valence-corrected chi connectivity index (χ2v) is 4.51. The van der Waals surface area contributed by atoms with E-state index in [4.69, 9.17) is 5.73 Å². The number of nitro benzene ring substituents is 1. The summed E-state index contributed by atoms with van der Waals surface area (Å²) in [6.07, 6.45) is -4.27. The van der Waals surface area contributed by atoms with Crippen molar-refractivity contribution in [2.45, 2.75) is 25.6 Å². The van der Waals surface area contributed by atoms with Crippen molar-refractivity contribution >= 4 is 11.6 Å². The normalized spacial score (nSPS) is 12.8. The number of carbonyl (C=O) groups excluding carboxylic acids is 1. The number of halogens is 3. The Labute approximate surface area is 118 Å². The quantitative estimate of drug-likeness (QED) is 0.642. The lowest BCUT2D eigenvalue weighted by Crippen LogP contribution is -2.29. The number of nitro groups is 1. The van der Waals surface area contributed by atoms with Gasteiger partial charge in [-0.3, -0.25) is 14.9 Å². The molecule has 0 fully saturated rings. The first-order chi connectivity index (χ1) is 9.62. The van der Waals surface area contributed by atoms with Gasteiger partial charge in [0, 0.05) is 18.7 Å². The van der Waals surface area contributed by atoms with Crippen molar-refractivity contribution in [2.75, 3.05) is 6.54 Å². The zero-order valence-corrected chi connectivity index (χ0v) is 11.1. The molecule has 0 aliphatic rings. The van der Waals surface area contributed by atoms with E-state index in [2.05, 4.69) is 5.32 Å². The molecule has 9 heteroatoms. The van der Waals surface area contributed by atoms with Gasteiger partial charge in [0.25, 0.3) is 11.6 Å². The summed E-state index contributed by atoms with van der Waals surface area (Å²) in [6.45, 7) is 1.89. The van der Waals surface area contributed by atoms with Gasteiger partial charge in [-0.05, 0) is 25.5 Å². The number of nitrogens with two attached hydrogens (primary N) is 1. The minimum Gasteiger partial charge on any atom is -0.352 e. The Bertz CT molecular complexity index is 544. The molecule has 0 saturated heterocycles. The largest absolute Gasteiger partial charge is 0.416 e. The molecular formula is C12H14F3N3O3. The fourth-order valence-corrected chi connectivity index (χ4v) is 1.56. The van der Waals surface area contributed by atoms with E-state index in [0.29, 0.717) is 18.6 Å². The average Bonchev–Trinajstić information content (AvgIpc) is 2.36. The molecular weight excluding hydrogens is 291 g/mol. The molecule has 0 aliphatic carbocycles. The number of nitrogens with one attached hydrogen (secondary N) is 1. The van der Waals surface area contributed by atoms with Crippen LogP contribution >= 0.6 is 0 Å². The second-order valence-electron chi connectivity index (χ2n) is 4.51. The molecule has 6 nitrogen and oxygen atoms in total. The predicted molar refractivity (Wildman–Crippen MR) is 68.7 cm³/mol. The molecule has 0 spiro atoms. The summed E-state index contributed by atoms with van der Waals surface area (Å²) >= 11 is 0. The summed E-state index contributed by atoms with van der Waals surface area (Å²) in [5.74, 6) is -0.809. The van der Waals surface area contributed by atoms with Gasteiger partial charge in [0.15, 0.2) is 0 Å². The summed E-state index contributed by atoms with van der Waals surface area (Å²) < 4.78 is 37.6. The molecule has 3 N–H and O–H groups in total. The highest BCUT2D eigenvalue weighted by Gasteiger charge is 2.33. The van der Waals surface area contributed by atoms with Gasteiger partial charge in [-0.15, -0.1) is 0 Å². The van der Waals surface area contributed by atoms with Crippen molar-refractivity contribution in [1.82, 2.24) is 5.32 Å². The number of rotatable bonds is 5. The number of amides is 1. The molecule has 0 bridgehead atoms. The first-order valence-electron chi connectivity index (χ1n) is 6.02. The van der Waals surface area contributed by atoms with Crippen LogP contribution < -0.4 is 11.1 Å². The van der Waals surface area contributed by atoms with Crippen molar-refractivity contribution in [1.29, 1.82) is 0 Å². The summed E-state index contributed by atoms with van der Waals surface area (Å²) in [7, 11) is 0. The third-order valence-electron chi connectivity index (χ3n) is 2.65. The average molecular weight is 305 g/mol. The Morgan fingerprint density at radius 2 is 2.10 bits per heavy atom. The minimum atomic E-state index is -4.71. The maximum absolute atomic E-state index is 12.5. The van der Waals surface area contributed by atoms with Crippen molar-refractivity contribution in [3.63, 3.8) is 0 Å². The first-order valence-corrected chi connectivity index (χ1v) is 6.02. The summed E-state index contributed by atoms with van der Waals surface area (Å²) in [5, 5.41) is 13.2. The van der Waals surface area contributed by atoms with E-state index in [0.717, 1.165) is 6.07 Å². The van der Waals surface area contributed by atoms with Gasteiger partial charge >= 0.3 is 6.18 Å². The van der Waals surface area contributed by atoms with Crippen LogP contribution in [0.2, 0.25) is 0 Å². The van der Waals surface area contributed by atoms with Crippen LogP contribution in [0.1, 0.15) is 29.3 Å². The van der Waals surface area contributed by atoms with Gasteiger partial charge < -0.3 is 11.1 Å². The van der Waals surface area contributed by atoms with Crippen molar-refractivity contribution in [2.24, 2.45) is 5.73 Å². The maximum Gasteiger partial charge on any atom is 0.416 e. The number of nitrogens with zero attached hydrogens (tertiary/aromatic N) is 1. The Morgan fingerprint density at radius 3 is 2.57 bits per heavy atom. The Morgan fingerprint density at radius 1 is 1.48 bits per heavy atom. The fourth-order valence-electron chi connectivity index (χ4n) is 1.56. The third-order valence-corrected chi connectivity index (χ3v) is 2.65. The van der Waals surface area contributed by atoms with Crippen LogP contribution in [-0.2, 0) is 6.18 Å². The van der Waals surface area contributed by atoms with Crippen LogP contribution in [0.4, 0.5) is 18.9 Å². The highest BCUT2D eigenvalue weighted by molar-refractivity contribution is 5.98. The van der Waals surface area contributed by atoms with Crippen molar-refractivity contribution < 1.29 is 22.9 Å². The van der Waals surface area contributed by atoms with E-state index in [9.17, 15) is 28.1 Å². The monoisotopic (exact) mass is 305 g/mol. The van der Waals surface area contributed by atoms with Crippen molar-refractivity contribution in [3.05, 3.63) is 39.4 Å². The Balaban J connectivity index is 3.01. The van der Waals surface area contributed by atoms with E-state index in [-0.39, 0.29) is 12.6 Å². The number of alkyl halides is 3. The second kappa shape index (κ2) is 6.53. The van der Waals surface area contributed by atoms with Crippen LogP contribution in [0.3, 0.4) is 0 Å². The lowest BCUT2D eigenvalue weighted by Gasteiger charge is -2.10. The van der Waals surface area contributed by atoms with Gasteiger partial charge in [-0.25, -0.2) is 0 Å². The molecule has 1 aromatic rings. The third kappa shape index (κ3) is 4.71. The molecule has 0 radical (unpaired) electrons. The van der Waals surface area contributed by atoms with Crippen molar-refractivity contribution in [3.8, 4) is 0 Å². The standard InChI is InChI=1S/C12H14F3N3O3/c1-7(16)4-5-17-11(19)9-3-2-8(12(13,14)15)6-10(9)18(20)21/h2-3,6-7H,4-5,16H2,1H3,(H,17,19). The van der Waals surface area contributed by atoms with Crippen LogP contribution in [0.5, 0.6) is 0 Å². The van der Waals surface area contributed by atoms with Gasteiger partial charge in [-0.1, -0.05) is 0 Å². The zero-order chi connectivity index (χ0) is 16.2. The molecule has 1 amide bonds. The van der Waals surface area contributed by atoms with Crippen LogP contribution in [0, 0.1) is 10.1 Å². The zero-order valence-electron chi connectivity index (χ0n) is 11.1. The van der Waals surface area contributed by atoms with E-state index < -0.39 is 33.8 Å².